The Labute approximate surface area is 125 Å². The molecule has 0 radical (unpaired) electrons. The molecule has 2 nitrogen and oxygen atoms in total. The van der Waals surface area contributed by atoms with Gasteiger partial charge in [0.05, 0.1) is 5.60 Å². The van der Waals surface area contributed by atoms with Crippen LogP contribution >= 0.6 is 15.9 Å². The Kier molecular flexibility index (Phi) is 5.04. The second-order valence-electron chi connectivity index (χ2n) is 5.78. The molecule has 106 valence electrons. The monoisotopic (exact) mass is 325 g/mol. The molecule has 0 amide bonds. The van der Waals surface area contributed by atoms with Crippen LogP contribution in [0.4, 0.5) is 0 Å². The lowest BCUT2D eigenvalue weighted by Crippen LogP contribution is -2.45. The fraction of sp³-hybridized carbons (Fsp3) is 0.625. The summed E-state index contributed by atoms with van der Waals surface area (Å²) in [7, 11) is 0. The third kappa shape index (κ3) is 4.04. The van der Waals surface area contributed by atoms with E-state index >= 15 is 0 Å². The van der Waals surface area contributed by atoms with Gasteiger partial charge >= 0.3 is 0 Å². The molecule has 2 rings (SSSR count). The quantitative estimate of drug-likeness (QED) is 0.883. The molecule has 1 heterocycles. The number of rotatable bonds is 4. The van der Waals surface area contributed by atoms with Crippen molar-refractivity contribution in [2.24, 2.45) is 0 Å². The molecule has 1 aromatic carbocycles. The second-order valence-corrected chi connectivity index (χ2v) is 6.70. The topological polar surface area (TPSA) is 21.3 Å². The highest BCUT2D eigenvalue weighted by Crippen LogP contribution is 2.29. The van der Waals surface area contributed by atoms with Gasteiger partial charge in [0.15, 0.2) is 0 Å². The summed E-state index contributed by atoms with van der Waals surface area (Å²) in [4.78, 5) is 0. The second kappa shape index (κ2) is 6.38. The van der Waals surface area contributed by atoms with Crippen LogP contribution in [0.15, 0.2) is 28.7 Å². The van der Waals surface area contributed by atoms with Gasteiger partial charge in [-0.25, -0.2) is 0 Å². The average Bonchev–Trinajstić information content (AvgIpc) is 2.39. The molecular formula is C16H24BrNO. The van der Waals surface area contributed by atoms with Gasteiger partial charge in [-0.2, -0.15) is 0 Å². The van der Waals surface area contributed by atoms with Crippen molar-refractivity contribution in [3.05, 3.63) is 34.3 Å². The summed E-state index contributed by atoms with van der Waals surface area (Å²) in [6.07, 6.45) is 3.29. The van der Waals surface area contributed by atoms with Crippen molar-refractivity contribution in [1.82, 2.24) is 5.32 Å². The maximum Gasteiger partial charge on any atom is 0.0666 e. The van der Waals surface area contributed by atoms with E-state index in [1.165, 1.54) is 5.56 Å². The summed E-state index contributed by atoms with van der Waals surface area (Å²) in [5.41, 5.74) is 1.39. The maximum atomic E-state index is 5.90. The number of hydrogen-bond donors (Lipinski definition) is 1. The van der Waals surface area contributed by atoms with Crippen molar-refractivity contribution in [2.45, 2.75) is 57.7 Å². The van der Waals surface area contributed by atoms with Gasteiger partial charge in [0.25, 0.3) is 0 Å². The zero-order valence-electron chi connectivity index (χ0n) is 12.1. The lowest BCUT2D eigenvalue weighted by Gasteiger charge is -2.39. The number of nitrogens with one attached hydrogen (secondary N) is 1. The zero-order valence-corrected chi connectivity index (χ0v) is 13.7. The van der Waals surface area contributed by atoms with Crippen LogP contribution in [-0.4, -0.2) is 18.2 Å². The maximum absolute atomic E-state index is 5.90. The largest absolute Gasteiger partial charge is 0.375 e. The fourth-order valence-corrected chi connectivity index (χ4v) is 2.98. The first-order chi connectivity index (χ1) is 9.02. The fourth-order valence-electron chi connectivity index (χ4n) is 2.72. The van der Waals surface area contributed by atoms with Crippen LogP contribution in [0.5, 0.6) is 0 Å². The average molecular weight is 326 g/mol. The summed E-state index contributed by atoms with van der Waals surface area (Å²) in [6.45, 7) is 7.54. The van der Waals surface area contributed by atoms with Crippen LogP contribution in [0.1, 0.15) is 51.6 Å². The molecular weight excluding hydrogens is 302 g/mol. The molecule has 19 heavy (non-hydrogen) atoms. The first-order valence-corrected chi connectivity index (χ1v) is 7.97. The third-order valence-corrected chi connectivity index (χ3v) is 4.73. The molecule has 1 fully saturated rings. The lowest BCUT2D eigenvalue weighted by atomic mass is 9.89. The first kappa shape index (κ1) is 15.0. The molecule has 0 aromatic heterocycles. The minimum Gasteiger partial charge on any atom is -0.375 e. The minimum atomic E-state index is 0.0509. The summed E-state index contributed by atoms with van der Waals surface area (Å²) in [6, 6.07) is 9.51. The Bertz CT molecular complexity index is 406. The molecule has 1 N–H and O–H groups in total. The smallest absolute Gasteiger partial charge is 0.0666 e. The van der Waals surface area contributed by atoms with Gasteiger partial charge in [-0.3, -0.25) is 0 Å². The molecule has 1 aromatic rings. The highest BCUT2D eigenvalue weighted by molar-refractivity contribution is 9.10. The summed E-state index contributed by atoms with van der Waals surface area (Å²) < 4.78 is 7.03. The van der Waals surface area contributed by atoms with E-state index in [4.69, 9.17) is 4.74 Å². The van der Waals surface area contributed by atoms with Crippen LogP contribution in [-0.2, 0) is 4.74 Å². The van der Waals surface area contributed by atoms with Crippen LogP contribution < -0.4 is 5.32 Å². The van der Waals surface area contributed by atoms with E-state index in [0.717, 1.165) is 30.3 Å². The number of hydrogen-bond acceptors (Lipinski definition) is 2. The molecule has 3 heteroatoms. The predicted octanol–water partition coefficient (Wildman–Crippen LogP) is 4.45. The highest BCUT2D eigenvalue weighted by Gasteiger charge is 2.32. The molecule has 3 atom stereocenters. The first-order valence-electron chi connectivity index (χ1n) is 7.18. The van der Waals surface area contributed by atoms with E-state index in [-0.39, 0.29) is 5.60 Å². The third-order valence-electron chi connectivity index (χ3n) is 4.20. The zero-order chi connectivity index (χ0) is 13.9. The Morgan fingerprint density at radius 1 is 1.42 bits per heavy atom. The Balaban J connectivity index is 1.95. The van der Waals surface area contributed by atoms with E-state index in [1.54, 1.807) is 0 Å². The van der Waals surface area contributed by atoms with Gasteiger partial charge in [-0.05, 0) is 50.8 Å². The van der Waals surface area contributed by atoms with E-state index in [2.05, 4.69) is 66.3 Å². The van der Waals surface area contributed by atoms with Gasteiger partial charge in [0, 0.05) is 23.2 Å². The van der Waals surface area contributed by atoms with E-state index in [9.17, 15) is 0 Å². The van der Waals surface area contributed by atoms with Crippen LogP contribution in [0, 0.1) is 0 Å². The van der Waals surface area contributed by atoms with Gasteiger partial charge in [0.2, 0.25) is 0 Å². The Hall–Kier alpha value is -0.380. The molecule has 0 aliphatic carbocycles. The van der Waals surface area contributed by atoms with Crippen LogP contribution in [0.2, 0.25) is 0 Å². The molecule has 3 unspecified atom stereocenters. The van der Waals surface area contributed by atoms with Crippen molar-refractivity contribution in [3.8, 4) is 0 Å². The summed E-state index contributed by atoms with van der Waals surface area (Å²) >= 11 is 3.48. The molecule has 0 spiro atoms. The standard InChI is InChI=1S/C16H24BrNO/c1-4-16(3)11-15(9-10-19-16)18-12(2)13-5-7-14(17)8-6-13/h5-8,12,15,18H,4,9-11H2,1-3H3. The van der Waals surface area contributed by atoms with Gasteiger partial charge < -0.3 is 10.1 Å². The van der Waals surface area contributed by atoms with Crippen LogP contribution in [0.25, 0.3) is 0 Å². The molecule has 1 aliphatic heterocycles. The Morgan fingerprint density at radius 2 is 2.11 bits per heavy atom. The molecule has 1 aliphatic rings. The summed E-state index contributed by atoms with van der Waals surface area (Å²) in [5, 5.41) is 3.75. The Morgan fingerprint density at radius 3 is 2.74 bits per heavy atom. The highest BCUT2D eigenvalue weighted by atomic mass is 79.9. The van der Waals surface area contributed by atoms with Crippen molar-refractivity contribution in [1.29, 1.82) is 0 Å². The van der Waals surface area contributed by atoms with Gasteiger partial charge in [-0.1, -0.05) is 35.0 Å². The van der Waals surface area contributed by atoms with Crippen molar-refractivity contribution in [2.75, 3.05) is 6.61 Å². The van der Waals surface area contributed by atoms with E-state index in [0.29, 0.717) is 12.1 Å². The number of ether oxygens (including phenoxy) is 1. The van der Waals surface area contributed by atoms with Crippen LogP contribution in [0.3, 0.4) is 0 Å². The number of halogens is 1. The van der Waals surface area contributed by atoms with Crippen molar-refractivity contribution in [3.63, 3.8) is 0 Å². The van der Waals surface area contributed by atoms with Gasteiger partial charge in [-0.15, -0.1) is 0 Å². The van der Waals surface area contributed by atoms with Crippen molar-refractivity contribution >= 4 is 15.9 Å². The SMILES string of the molecule is CCC1(C)CC(NC(C)c2ccc(Br)cc2)CCO1. The summed E-state index contributed by atoms with van der Waals surface area (Å²) in [5.74, 6) is 0. The van der Waals surface area contributed by atoms with E-state index < -0.39 is 0 Å². The minimum absolute atomic E-state index is 0.0509. The molecule has 0 saturated carbocycles. The molecule has 0 bridgehead atoms. The van der Waals surface area contributed by atoms with Gasteiger partial charge in [0.1, 0.15) is 0 Å². The van der Waals surface area contributed by atoms with E-state index in [1.807, 2.05) is 0 Å². The lowest BCUT2D eigenvalue weighted by molar-refractivity contribution is -0.0789. The normalized spacial score (nSPS) is 29.2. The number of benzene rings is 1. The predicted molar refractivity (Wildman–Crippen MR) is 83.4 cm³/mol. The molecule has 1 saturated heterocycles. The van der Waals surface area contributed by atoms with Crippen molar-refractivity contribution < 1.29 is 4.74 Å².